The van der Waals surface area contributed by atoms with E-state index in [9.17, 15) is 19.2 Å². The minimum Gasteiger partial charge on any atom is -0.426 e. The summed E-state index contributed by atoms with van der Waals surface area (Å²) in [6, 6.07) is 7.51. The maximum Gasteiger partial charge on any atom is 0.308 e. The van der Waals surface area contributed by atoms with Crippen molar-refractivity contribution in [1.29, 1.82) is 0 Å². The van der Waals surface area contributed by atoms with Crippen LogP contribution >= 0.6 is 45.9 Å². The van der Waals surface area contributed by atoms with Gasteiger partial charge in [-0.05, 0) is 32.4 Å². The average Bonchev–Trinajstić information content (AvgIpc) is 3.74. The van der Waals surface area contributed by atoms with Crippen molar-refractivity contribution in [2.24, 2.45) is 0 Å². The second kappa shape index (κ2) is 12.5. The predicted octanol–water partition coefficient (Wildman–Crippen LogP) is 7.79. The summed E-state index contributed by atoms with van der Waals surface area (Å²) in [7, 11) is 0. The lowest BCUT2D eigenvalue weighted by molar-refractivity contribution is -0.132. The Morgan fingerprint density at radius 2 is 1.13 bits per heavy atom. The molecule has 0 fully saturated rings. The maximum absolute atomic E-state index is 13.6. The van der Waals surface area contributed by atoms with Gasteiger partial charge in [-0.25, -0.2) is 0 Å². The van der Waals surface area contributed by atoms with E-state index in [0.717, 1.165) is 41.1 Å². The molecule has 4 aromatic rings. The van der Waals surface area contributed by atoms with Crippen molar-refractivity contribution in [3.63, 3.8) is 0 Å². The van der Waals surface area contributed by atoms with E-state index in [1.54, 1.807) is 44.6 Å². The molecule has 8 nitrogen and oxygen atoms in total. The number of esters is 2. The average molecular weight is 688 g/mol. The summed E-state index contributed by atoms with van der Waals surface area (Å²) in [5.74, 6) is 0.318. The van der Waals surface area contributed by atoms with E-state index in [4.69, 9.17) is 32.7 Å². The van der Waals surface area contributed by atoms with E-state index in [1.807, 2.05) is 26.0 Å². The molecule has 0 aliphatic carbocycles. The third-order valence-electron chi connectivity index (χ3n) is 8.29. The first-order chi connectivity index (χ1) is 21.5. The van der Waals surface area contributed by atoms with Gasteiger partial charge in [0, 0.05) is 117 Å². The molecular formula is C33H32Cl2N2O6S2. The molecule has 0 spiro atoms. The van der Waals surface area contributed by atoms with Crippen LogP contribution in [0, 0.1) is 13.8 Å². The Kier molecular flexibility index (Phi) is 8.86. The normalized spacial score (nSPS) is 17.2. The highest BCUT2D eigenvalue weighted by molar-refractivity contribution is 7.19. The summed E-state index contributed by atoms with van der Waals surface area (Å²) in [5.41, 5.74) is 3.40. The van der Waals surface area contributed by atoms with E-state index in [-0.39, 0.29) is 36.5 Å². The van der Waals surface area contributed by atoms with Gasteiger partial charge in [0.1, 0.15) is 11.5 Å². The molecule has 45 heavy (non-hydrogen) atoms. The largest absolute Gasteiger partial charge is 0.426 e. The van der Waals surface area contributed by atoms with Crippen LogP contribution in [0.15, 0.2) is 24.3 Å². The lowest BCUT2D eigenvalue weighted by Crippen LogP contribution is -2.32. The van der Waals surface area contributed by atoms with E-state index < -0.39 is 11.9 Å². The summed E-state index contributed by atoms with van der Waals surface area (Å²) >= 11 is 16.0. The van der Waals surface area contributed by atoms with Crippen molar-refractivity contribution < 1.29 is 28.7 Å². The lowest BCUT2D eigenvalue weighted by atomic mass is 10.0. The van der Waals surface area contributed by atoms with Crippen molar-refractivity contribution in [1.82, 2.24) is 0 Å². The Bertz CT molecular complexity index is 1750. The number of hydrogen-bond donors (Lipinski definition) is 0. The zero-order valence-corrected chi connectivity index (χ0v) is 28.5. The van der Waals surface area contributed by atoms with Crippen molar-refractivity contribution >= 4 is 101 Å². The highest BCUT2D eigenvalue weighted by Crippen LogP contribution is 2.50. The molecule has 0 radical (unpaired) electrons. The first kappa shape index (κ1) is 31.8. The quantitative estimate of drug-likeness (QED) is 0.107. The molecule has 0 bridgehead atoms. The number of aryl methyl sites for hydroxylation is 2. The fraction of sp³-hybridized carbons (Fsp3) is 0.394. The molecule has 2 amide bonds. The molecule has 0 N–H and O–H groups in total. The van der Waals surface area contributed by atoms with Gasteiger partial charge in [0.2, 0.25) is 11.8 Å². The number of carbonyl (C=O) groups excluding carboxylic acids is 4. The predicted molar refractivity (Wildman–Crippen MR) is 181 cm³/mol. The van der Waals surface area contributed by atoms with Crippen molar-refractivity contribution in [3.05, 3.63) is 45.1 Å². The fourth-order valence-electron chi connectivity index (χ4n) is 6.51. The highest BCUT2D eigenvalue weighted by Gasteiger charge is 2.37. The number of ether oxygens (including phenoxy) is 2. The molecule has 2 aromatic carbocycles. The summed E-state index contributed by atoms with van der Waals surface area (Å²) < 4.78 is 13.0. The SMILES string of the molecule is CC(=O)Oc1cc2c(c3sc(C)cc13)[C@H](CCl)CN2C(=O)CCCC(=O)N1C[C@@H](CCl)c2c1cc(OC(C)=O)c1cc(C)sc21. The fourth-order valence-corrected chi connectivity index (χ4v) is 9.31. The highest BCUT2D eigenvalue weighted by atomic mass is 35.5. The van der Waals surface area contributed by atoms with Gasteiger partial charge in [0.05, 0.1) is 11.4 Å². The number of carbonyl (C=O) groups is 4. The smallest absolute Gasteiger partial charge is 0.308 e. The Labute approximate surface area is 278 Å². The van der Waals surface area contributed by atoms with Crippen LogP contribution in [0.2, 0.25) is 0 Å². The number of alkyl halides is 2. The lowest BCUT2D eigenvalue weighted by Gasteiger charge is -2.20. The molecule has 2 aromatic heterocycles. The maximum atomic E-state index is 13.6. The number of halogens is 2. The molecule has 6 rings (SSSR count). The third-order valence-corrected chi connectivity index (χ3v) is 11.2. The first-order valence-electron chi connectivity index (χ1n) is 14.7. The number of amides is 2. The second-order valence-corrected chi connectivity index (χ2v) is 14.7. The number of thiophene rings is 2. The van der Waals surface area contributed by atoms with Crippen LogP contribution in [0.1, 0.15) is 65.8 Å². The Balaban J connectivity index is 1.22. The van der Waals surface area contributed by atoms with Crippen LogP contribution in [0.3, 0.4) is 0 Å². The van der Waals surface area contributed by atoms with Gasteiger partial charge < -0.3 is 19.3 Å². The van der Waals surface area contributed by atoms with E-state index in [1.165, 1.54) is 13.8 Å². The molecule has 0 unspecified atom stereocenters. The minimum atomic E-state index is -0.432. The Morgan fingerprint density at radius 1 is 0.733 bits per heavy atom. The number of benzene rings is 2. The zero-order chi connectivity index (χ0) is 32.2. The van der Waals surface area contributed by atoms with Crippen molar-refractivity contribution in [2.45, 2.75) is 58.8 Å². The monoisotopic (exact) mass is 686 g/mol. The van der Waals surface area contributed by atoms with Gasteiger partial charge in [0.15, 0.2) is 0 Å². The van der Waals surface area contributed by atoms with E-state index >= 15 is 0 Å². The molecule has 2 aliphatic heterocycles. The summed E-state index contributed by atoms with van der Waals surface area (Å²) in [5, 5.41) is 1.68. The van der Waals surface area contributed by atoms with Crippen LogP contribution in [-0.4, -0.2) is 48.6 Å². The number of hydrogen-bond acceptors (Lipinski definition) is 8. The number of rotatable bonds is 8. The first-order valence-corrected chi connectivity index (χ1v) is 17.4. The van der Waals surface area contributed by atoms with Crippen LogP contribution in [0.25, 0.3) is 20.2 Å². The molecule has 12 heteroatoms. The van der Waals surface area contributed by atoms with Gasteiger partial charge >= 0.3 is 11.9 Å². The second-order valence-electron chi connectivity index (χ2n) is 11.6. The van der Waals surface area contributed by atoms with Crippen LogP contribution in [0.5, 0.6) is 11.5 Å². The van der Waals surface area contributed by atoms with E-state index in [2.05, 4.69) is 0 Å². The van der Waals surface area contributed by atoms with Crippen molar-refractivity contribution in [2.75, 3.05) is 34.6 Å². The van der Waals surface area contributed by atoms with E-state index in [0.29, 0.717) is 54.1 Å². The molecule has 236 valence electrons. The standard InChI is InChI=1S/C33H32Cl2N2O6S2/c1-16-8-22-26(42-18(3)38)10-24-30(32(22)44-16)20(12-34)14-36(24)28(40)6-5-7-29(41)37-15-21(13-35)31-25(37)11-27(43-19(4)39)23-9-17(2)45-33(23)31/h8-11,20-21H,5-7,12-15H2,1-4H3/t20-,21-/m1/s1. The summed E-state index contributed by atoms with van der Waals surface area (Å²) in [4.78, 5) is 56.6. The number of nitrogens with zero attached hydrogens (tertiary/aromatic N) is 2. The summed E-state index contributed by atoms with van der Waals surface area (Å²) in [6.45, 7) is 7.55. The molecule has 0 saturated heterocycles. The number of anilines is 2. The summed E-state index contributed by atoms with van der Waals surface area (Å²) in [6.07, 6.45) is 0.666. The van der Waals surface area contributed by atoms with Crippen LogP contribution < -0.4 is 19.3 Å². The van der Waals surface area contributed by atoms with Crippen LogP contribution in [-0.2, 0) is 19.2 Å². The van der Waals surface area contributed by atoms with Gasteiger partial charge in [-0.15, -0.1) is 45.9 Å². The molecule has 4 heterocycles. The Morgan fingerprint density at radius 3 is 1.49 bits per heavy atom. The topological polar surface area (TPSA) is 93.2 Å². The van der Waals surface area contributed by atoms with Gasteiger partial charge in [0.25, 0.3) is 0 Å². The Hall–Kier alpha value is -3.18. The van der Waals surface area contributed by atoms with Crippen LogP contribution in [0.4, 0.5) is 11.4 Å². The zero-order valence-electron chi connectivity index (χ0n) is 25.3. The molecule has 2 atom stereocenters. The van der Waals surface area contributed by atoms with Gasteiger partial charge in [-0.2, -0.15) is 0 Å². The van der Waals surface area contributed by atoms with Crippen molar-refractivity contribution in [3.8, 4) is 11.5 Å². The minimum absolute atomic E-state index is 0.0584. The molecule has 0 saturated carbocycles. The third kappa shape index (κ3) is 5.82. The molecule has 2 aliphatic rings. The number of fused-ring (bicyclic) bond motifs is 6. The molecular weight excluding hydrogens is 655 g/mol. The van der Waals surface area contributed by atoms with Gasteiger partial charge in [-0.1, -0.05) is 0 Å². The van der Waals surface area contributed by atoms with Gasteiger partial charge in [-0.3, -0.25) is 19.2 Å².